The second-order valence-corrected chi connectivity index (χ2v) is 5.91. The van der Waals surface area contributed by atoms with Crippen molar-refractivity contribution in [2.75, 3.05) is 5.43 Å². The number of hydrogen-bond donors (Lipinski definition) is 2. The quantitative estimate of drug-likeness (QED) is 0.429. The third-order valence-electron chi connectivity index (χ3n) is 3.88. The number of para-hydroxylation sites is 3. The van der Waals surface area contributed by atoms with Crippen LogP contribution in [0.25, 0.3) is 16.7 Å². The third kappa shape index (κ3) is 2.99. The summed E-state index contributed by atoms with van der Waals surface area (Å²) in [5, 5.41) is 4.63. The molecule has 124 valence electrons. The fraction of sp³-hybridized carbons (Fsp3) is 0.0556. The number of fused-ring (bicyclic) bond motifs is 1. The van der Waals surface area contributed by atoms with Gasteiger partial charge in [-0.05, 0) is 30.7 Å². The molecule has 4 aromatic rings. The van der Waals surface area contributed by atoms with Gasteiger partial charge in [-0.25, -0.2) is 15.4 Å². The lowest BCUT2D eigenvalue weighted by atomic mass is 10.2. The van der Waals surface area contributed by atoms with Gasteiger partial charge in [0.1, 0.15) is 12.0 Å². The van der Waals surface area contributed by atoms with Gasteiger partial charge in [-0.3, -0.25) is 4.57 Å². The summed E-state index contributed by atoms with van der Waals surface area (Å²) in [4.78, 5) is 11.7. The van der Waals surface area contributed by atoms with Crippen LogP contribution in [-0.4, -0.2) is 25.7 Å². The van der Waals surface area contributed by atoms with Gasteiger partial charge in [-0.1, -0.05) is 41.9 Å². The number of nitrogens with one attached hydrogen (secondary N) is 2. The van der Waals surface area contributed by atoms with Crippen molar-refractivity contribution in [3.63, 3.8) is 0 Å². The van der Waals surface area contributed by atoms with Crippen LogP contribution in [0.3, 0.4) is 0 Å². The maximum Gasteiger partial charge on any atom is 0.222 e. The maximum absolute atomic E-state index is 6.22. The first-order valence-electron chi connectivity index (χ1n) is 7.75. The van der Waals surface area contributed by atoms with Gasteiger partial charge in [0.2, 0.25) is 5.95 Å². The lowest BCUT2D eigenvalue weighted by Crippen LogP contribution is -2.02. The Bertz CT molecular complexity index is 1030. The van der Waals surface area contributed by atoms with Crippen LogP contribution in [0.1, 0.15) is 11.3 Å². The van der Waals surface area contributed by atoms with Crippen LogP contribution in [0.15, 0.2) is 60.0 Å². The number of aromatic amines is 1. The Morgan fingerprint density at radius 3 is 2.80 bits per heavy atom. The number of nitrogens with zero attached hydrogens (tertiary/aromatic N) is 4. The molecule has 6 nitrogen and oxygen atoms in total. The fourth-order valence-electron chi connectivity index (χ4n) is 2.64. The minimum absolute atomic E-state index is 0.387. The van der Waals surface area contributed by atoms with Gasteiger partial charge in [0, 0.05) is 0 Å². The van der Waals surface area contributed by atoms with Crippen molar-refractivity contribution < 1.29 is 0 Å². The molecule has 0 saturated carbocycles. The lowest BCUT2D eigenvalue weighted by Gasteiger charge is -2.08. The lowest BCUT2D eigenvalue weighted by molar-refractivity contribution is 1.03. The molecule has 0 unspecified atom stereocenters. The van der Waals surface area contributed by atoms with E-state index in [1.807, 2.05) is 60.0 Å². The standard InChI is InChI=1S/C18H15ClN6/c1-12-6-2-5-9-15(12)25-11-20-17(19)16(25)10-21-24-18-22-13-7-3-4-8-14(13)23-18/h2-11H,1H3,(H2,22,23,24)/b21-10+. The Hall–Kier alpha value is -3.12. The Morgan fingerprint density at radius 2 is 1.96 bits per heavy atom. The number of aromatic nitrogens is 4. The molecule has 25 heavy (non-hydrogen) atoms. The van der Waals surface area contributed by atoms with Gasteiger partial charge < -0.3 is 4.98 Å². The van der Waals surface area contributed by atoms with E-state index in [0.29, 0.717) is 16.8 Å². The van der Waals surface area contributed by atoms with Crippen LogP contribution >= 0.6 is 11.6 Å². The minimum Gasteiger partial charge on any atom is -0.323 e. The van der Waals surface area contributed by atoms with Crippen molar-refractivity contribution in [1.29, 1.82) is 0 Å². The highest BCUT2D eigenvalue weighted by molar-refractivity contribution is 6.31. The zero-order chi connectivity index (χ0) is 17.2. The van der Waals surface area contributed by atoms with E-state index in [1.165, 1.54) is 0 Å². The van der Waals surface area contributed by atoms with Crippen molar-refractivity contribution >= 4 is 34.8 Å². The Kier molecular flexibility index (Phi) is 3.95. The van der Waals surface area contributed by atoms with Crippen LogP contribution in [0.5, 0.6) is 0 Å². The minimum atomic E-state index is 0.387. The zero-order valence-electron chi connectivity index (χ0n) is 13.4. The molecule has 2 N–H and O–H groups in total. The average molecular weight is 351 g/mol. The summed E-state index contributed by atoms with van der Waals surface area (Å²) in [6, 6.07) is 15.8. The summed E-state index contributed by atoms with van der Waals surface area (Å²) >= 11 is 6.22. The van der Waals surface area contributed by atoms with Crippen LogP contribution in [-0.2, 0) is 0 Å². The van der Waals surface area contributed by atoms with Crippen molar-refractivity contribution in [2.24, 2.45) is 5.10 Å². The van der Waals surface area contributed by atoms with Gasteiger partial charge in [0.25, 0.3) is 0 Å². The number of H-pyrrole nitrogens is 1. The van der Waals surface area contributed by atoms with Crippen molar-refractivity contribution in [2.45, 2.75) is 6.92 Å². The number of halogens is 1. The topological polar surface area (TPSA) is 70.9 Å². The first-order chi connectivity index (χ1) is 12.2. The molecule has 0 aliphatic heterocycles. The molecule has 2 heterocycles. The van der Waals surface area contributed by atoms with E-state index >= 15 is 0 Å². The molecule has 0 spiro atoms. The molecular weight excluding hydrogens is 336 g/mol. The van der Waals surface area contributed by atoms with E-state index in [4.69, 9.17) is 11.6 Å². The van der Waals surface area contributed by atoms with E-state index in [2.05, 4.69) is 25.5 Å². The van der Waals surface area contributed by atoms with Gasteiger partial charge in [-0.2, -0.15) is 5.10 Å². The van der Waals surface area contributed by atoms with Gasteiger partial charge >= 0.3 is 0 Å². The summed E-state index contributed by atoms with van der Waals surface area (Å²) in [6.45, 7) is 2.04. The second-order valence-electron chi connectivity index (χ2n) is 5.55. The van der Waals surface area contributed by atoms with Gasteiger partial charge in [-0.15, -0.1) is 0 Å². The molecular formula is C18H15ClN6. The molecule has 0 aliphatic rings. The Morgan fingerprint density at radius 1 is 1.16 bits per heavy atom. The molecule has 0 saturated heterocycles. The van der Waals surface area contributed by atoms with Crippen molar-refractivity contribution in [1.82, 2.24) is 19.5 Å². The van der Waals surface area contributed by atoms with E-state index < -0.39 is 0 Å². The molecule has 0 amide bonds. The van der Waals surface area contributed by atoms with E-state index in [1.54, 1.807) is 12.5 Å². The number of anilines is 1. The first-order valence-corrected chi connectivity index (χ1v) is 8.13. The normalized spacial score (nSPS) is 11.4. The second kappa shape index (κ2) is 6.41. The SMILES string of the molecule is Cc1ccccc1-n1cnc(Cl)c1/C=N/Nc1nc2ccccc2[nH]1. The van der Waals surface area contributed by atoms with Gasteiger partial charge in [0.05, 0.1) is 22.9 Å². The molecule has 2 aromatic carbocycles. The molecule has 0 radical (unpaired) electrons. The molecule has 7 heteroatoms. The first kappa shape index (κ1) is 15.4. The molecule has 0 aliphatic carbocycles. The van der Waals surface area contributed by atoms with E-state index in [0.717, 1.165) is 22.3 Å². The summed E-state index contributed by atoms with van der Waals surface area (Å²) in [7, 11) is 0. The maximum atomic E-state index is 6.22. The number of imidazole rings is 2. The van der Waals surface area contributed by atoms with E-state index in [-0.39, 0.29) is 0 Å². The molecule has 0 fully saturated rings. The number of hydrogen-bond acceptors (Lipinski definition) is 4. The third-order valence-corrected chi connectivity index (χ3v) is 4.17. The monoisotopic (exact) mass is 350 g/mol. The summed E-state index contributed by atoms with van der Waals surface area (Å²) in [5.41, 5.74) is 7.54. The summed E-state index contributed by atoms with van der Waals surface area (Å²) < 4.78 is 1.90. The average Bonchev–Trinajstić information content (AvgIpc) is 3.19. The van der Waals surface area contributed by atoms with Crippen LogP contribution in [0.2, 0.25) is 5.15 Å². The Balaban J connectivity index is 1.61. The molecule has 0 atom stereocenters. The highest BCUT2D eigenvalue weighted by Crippen LogP contribution is 2.20. The summed E-state index contributed by atoms with van der Waals surface area (Å²) in [5.74, 6) is 0.565. The predicted molar refractivity (Wildman–Crippen MR) is 101 cm³/mol. The largest absolute Gasteiger partial charge is 0.323 e. The predicted octanol–water partition coefficient (Wildman–Crippen LogP) is 4.16. The zero-order valence-corrected chi connectivity index (χ0v) is 14.2. The van der Waals surface area contributed by atoms with Crippen LogP contribution < -0.4 is 5.43 Å². The molecule has 4 rings (SSSR count). The van der Waals surface area contributed by atoms with Crippen molar-refractivity contribution in [3.8, 4) is 5.69 Å². The fourth-order valence-corrected chi connectivity index (χ4v) is 2.82. The number of benzene rings is 2. The van der Waals surface area contributed by atoms with Gasteiger partial charge in [0.15, 0.2) is 5.15 Å². The van der Waals surface area contributed by atoms with Crippen LogP contribution in [0, 0.1) is 6.92 Å². The number of rotatable bonds is 4. The highest BCUT2D eigenvalue weighted by Gasteiger charge is 2.10. The number of aryl methyl sites for hydroxylation is 1. The van der Waals surface area contributed by atoms with E-state index in [9.17, 15) is 0 Å². The molecule has 0 bridgehead atoms. The highest BCUT2D eigenvalue weighted by atomic mass is 35.5. The Labute approximate surface area is 149 Å². The van der Waals surface area contributed by atoms with Crippen molar-refractivity contribution in [3.05, 3.63) is 71.3 Å². The summed E-state index contributed by atoms with van der Waals surface area (Å²) in [6.07, 6.45) is 3.32. The van der Waals surface area contributed by atoms with Crippen LogP contribution in [0.4, 0.5) is 5.95 Å². The smallest absolute Gasteiger partial charge is 0.222 e. The molecule has 2 aromatic heterocycles. The number of hydrazone groups is 1.